The van der Waals surface area contributed by atoms with Gasteiger partial charge in [0.05, 0.1) is 19.8 Å². The van der Waals surface area contributed by atoms with Crippen LogP contribution in [0.5, 0.6) is 0 Å². The number of unbranched alkanes of at least 4 members (excludes halogenated alkanes) is 11. The fourth-order valence-electron chi connectivity index (χ4n) is 6.41. The number of carbonyl (C=O) groups excluding carboxylic acids is 1. The van der Waals surface area contributed by atoms with E-state index in [0.29, 0.717) is 13.0 Å². The zero-order valence-corrected chi connectivity index (χ0v) is 37.4. The highest BCUT2D eigenvalue weighted by atomic mass is 16.7. The lowest BCUT2D eigenvalue weighted by molar-refractivity contribution is -0.305. The first-order chi connectivity index (χ1) is 29.4. The molecule has 0 radical (unpaired) electrons. The van der Waals surface area contributed by atoms with Crippen LogP contribution in [0.1, 0.15) is 155 Å². The number of hydrogen-bond acceptors (Lipinski definition) is 9. The normalized spacial score (nSPS) is 20.9. The van der Waals surface area contributed by atoms with E-state index in [1.165, 1.54) is 38.5 Å². The minimum absolute atomic E-state index is 0.117. The number of carbonyl (C=O) groups is 1. The Kier molecular flexibility index (Phi) is 38.1. The van der Waals surface area contributed by atoms with Gasteiger partial charge in [0.15, 0.2) is 6.29 Å². The first-order valence-electron chi connectivity index (χ1n) is 23.3. The highest BCUT2D eigenvalue weighted by molar-refractivity contribution is 5.69. The summed E-state index contributed by atoms with van der Waals surface area (Å²) in [5.41, 5.74) is 0. The van der Waals surface area contributed by atoms with Gasteiger partial charge in [-0.15, -0.1) is 0 Å². The molecule has 0 aromatic heterocycles. The molecule has 1 rings (SSSR count). The molecule has 1 aliphatic heterocycles. The maximum Gasteiger partial charge on any atom is 0.306 e. The standard InChI is InChI=1S/C51H84O9/c1-3-5-7-9-11-13-15-17-19-20-21-22-23-24-25-27-29-31-33-35-37-39-41-57-43-45(44-58-51-50(56)49(55)48(54)46(42-52)60-51)59-47(53)40-38-36-34-32-30-28-26-18-16-14-12-10-8-6-4-2/h5-8,11-14,17-19,21-22,26,30,32,45-46,48-52,54-56H,3-4,9-10,15-16,20,23-25,27-29,31,33-44H2,1-2H3/b7-5-,8-6-,13-11-,14-12-,19-17-,22-21-,26-18-,32-30-. The van der Waals surface area contributed by atoms with Crippen LogP contribution in [0.25, 0.3) is 0 Å². The smallest absolute Gasteiger partial charge is 0.306 e. The van der Waals surface area contributed by atoms with Gasteiger partial charge in [-0.2, -0.15) is 0 Å². The van der Waals surface area contributed by atoms with Crippen LogP contribution in [0.15, 0.2) is 97.2 Å². The van der Waals surface area contributed by atoms with E-state index in [9.17, 15) is 25.2 Å². The predicted molar refractivity (Wildman–Crippen MR) is 246 cm³/mol. The molecule has 1 fully saturated rings. The van der Waals surface area contributed by atoms with Crippen LogP contribution in [0.3, 0.4) is 0 Å². The van der Waals surface area contributed by atoms with Crippen LogP contribution in [0, 0.1) is 0 Å². The topological polar surface area (TPSA) is 135 Å². The first kappa shape index (κ1) is 55.1. The van der Waals surface area contributed by atoms with Gasteiger partial charge in [-0.05, 0) is 89.9 Å². The van der Waals surface area contributed by atoms with Crippen LogP contribution in [-0.2, 0) is 23.7 Å². The van der Waals surface area contributed by atoms with E-state index in [1.54, 1.807) is 0 Å². The SMILES string of the molecule is CC/C=C\C/C=C\C/C=C\C/C=C\CCCCCCCCCCCOCC(COC1OC(CO)C(O)C(O)C1O)OC(=O)CCCC/C=C\C/C=C\C/C=C\C/C=C\CC. The van der Waals surface area contributed by atoms with Crippen molar-refractivity contribution >= 4 is 5.97 Å². The Balaban J connectivity index is 2.27. The average Bonchev–Trinajstić information content (AvgIpc) is 3.25. The van der Waals surface area contributed by atoms with E-state index in [-0.39, 0.29) is 25.6 Å². The summed E-state index contributed by atoms with van der Waals surface area (Å²) >= 11 is 0. The minimum Gasteiger partial charge on any atom is -0.457 e. The third-order valence-corrected chi connectivity index (χ3v) is 10.00. The second-order valence-electron chi connectivity index (χ2n) is 15.4. The summed E-state index contributed by atoms with van der Waals surface area (Å²) in [7, 11) is 0. The Hall–Kier alpha value is -2.89. The molecule has 1 aliphatic rings. The summed E-state index contributed by atoms with van der Waals surface area (Å²) < 4.78 is 22.8. The van der Waals surface area contributed by atoms with E-state index in [4.69, 9.17) is 18.9 Å². The van der Waals surface area contributed by atoms with E-state index < -0.39 is 43.4 Å². The molecule has 9 nitrogen and oxygen atoms in total. The monoisotopic (exact) mass is 841 g/mol. The van der Waals surface area contributed by atoms with Crippen molar-refractivity contribution in [3.63, 3.8) is 0 Å². The molecular formula is C51H84O9. The van der Waals surface area contributed by atoms with Gasteiger partial charge in [-0.25, -0.2) is 0 Å². The van der Waals surface area contributed by atoms with Gasteiger partial charge < -0.3 is 39.4 Å². The second kappa shape index (κ2) is 41.5. The summed E-state index contributed by atoms with van der Waals surface area (Å²) in [4.78, 5) is 12.8. The van der Waals surface area contributed by atoms with Crippen molar-refractivity contribution in [3.05, 3.63) is 97.2 Å². The number of allylic oxidation sites excluding steroid dienone is 16. The minimum atomic E-state index is -1.55. The molecule has 0 aromatic rings. The second-order valence-corrected chi connectivity index (χ2v) is 15.4. The Morgan fingerprint density at radius 3 is 1.45 bits per heavy atom. The maximum atomic E-state index is 12.8. The zero-order valence-electron chi connectivity index (χ0n) is 37.4. The van der Waals surface area contributed by atoms with E-state index in [1.807, 2.05) is 0 Å². The molecule has 0 bridgehead atoms. The van der Waals surface area contributed by atoms with Crippen LogP contribution in [-0.4, -0.2) is 89.6 Å². The number of aliphatic hydroxyl groups excluding tert-OH is 4. The van der Waals surface area contributed by atoms with E-state index in [0.717, 1.165) is 89.9 Å². The molecule has 6 unspecified atom stereocenters. The molecule has 0 amide bonds. The highest BCUT2D eigenvalue weighted by Crippen LogP contribution is 2.22. The van der Waals surface area contributed by atoms with Crippen molar-refractivity contribution in [3.8, 4) is 0 Å². The van der Waals surface area contributed by atoms with Crippen molar-refractivity contribution in [2.45, 2.75) is 192 Å². The third kappa shape index (κ3) is 31.9. The summed E-state index contributed by atoms with van der Waals surface area (Å²) in [6, 6.07) is 0. The molecule has 6 atom stereocenters. The molecular weight excluding hydrogens is 757 g/mol. The van der Waals surface area contributed by atoms with Gasteiger partial charge >= 0.3 is 5.97 Å². The number of esters is 1. The highest BCUT2D eigenvalue weighted by Gasteiger charge is 2.44. The lowest BCUT2D eigenvalue weighted by atomic mass is 9.99. The van der Waals surface area contributed by atoms with Crippen LogP contribution >= 0.6 is 0 Å². The Morgan fingerprint density at radius 2 is 0.967 bits per heavy atom. The quantitative estimate of drug-likeness (QED) is 0.0272. The number of hydrogen-bond donors (Lipinski definition) is 4. The van der Waals surface area contributed by atoms with Crippen LogP contribution in [0.4, 0.5) is 0 Å². The largest absolute Gasteiger partial charge is 0.457 e. The zero-order chi connectivity index (χ0) is 43.6. The van der Waals surface area contributed by atoms with Crippen LogP contribution < -0.4 is 0 Å². The van der Waals surface area contributed by atoms with Gasteiger partial charge in [-0.3, -0.25) is 4.79 Å². The summed E-state index contributed by atoms with van der Waals surface area (Å²) in [6.45, 7) is 4.24. The molecule has 60 heavy (non-hydrogen) atoms. The summed E-state index contributed by atoms with van der Waals surface area (Å²) in [5.74, 6) is -0.360. The van der Waals surface area contributed by atoms with Gasteiger partial charge in [0, 0.05) is 13.0 Å². The molecule has 0 saturated carbocycles. The van der Waals surface area contributed by atoms with Crippen molar-refractivity contribution in [2.75, 3.05) is 26.4 Å². The van der Waals surface area contributed by atoms with E-state index in [2.05, 4.69) is 111 Å². The maximum absolute atomic E-state index is 12.8. The summed E-state index contributed by atoms with van der Waals surface area (Å²) in [6.07, 6.45) is 50.1. The third-order valence-electron chi connectivity index (χ3n) is 10.00. The Labute approximate surface area is 364 Å². The number of ether oxygens (including phenoxy) is 4. The molecule has 342 valence electrons. The molecule has 0 spiro atoms. The molecule has 1 saturated heterocycles. The lowest BCUT2D eigenvalue weighted by Crippen LogP contribution is -2.59. The lowest BCUT2D eigenvalue weighted by Gasteiger charge is -2.39. The molecule has 0 aromatic carbocycles. The molecule has 0 aliphatic carbocycles. The van der Waals surface area contributed by atoms with Gasteiger partial charge in [0.2, 0.25) is 0 Å². The van der Waals surface area contributed by atoms with Crippen molar-refractivity contribution in [1.29, 1.82) is 0 Å². The fraction of sp³-hybridized carbons (Fsp3) is 0.667. The number of aliphatic hydroxyl groups is 4. The van der Waals surface area contributed by atoms with Gasteiger partial charge in [-0.1, -0.05) is 156 Å². The van der Waals surface area contributed by atoms with Crippen LogP contribution in [0.2, 0.25) is 0 Å². The molecule has 9 heteroatoms. The predicted octanol–water partition coefficient (Wildman–Crippen LogP) is 10.8. The van der Waals surface area contributed by atoms with Gasteiger partial charge in [0.25, 0.3) is 0 Å². The summed E-state index contributed by atoms with van der Waals surface area (Å²) in [5, 5.41) is 40.1. The average molecular weight is 841 g/mol. The molecule has 4 N–H and O–H groups in total. The van der Waals surface area contributed by atoms with Crippen molar-refractivity contribution in [2.24, 2.45) is 0 Å². The van der Waals surface area contributed by atoms with E-state index >= 15 is 0 Å². The van der Waals surface area contributed by atoms with Crippen molar-refractivity contribution < 1.29 is 44.2 Å². The first-order valence-corrected chi connectivity index (χ1v) is 23.3. The Morgan fingerprint density at radius 1 is 0.533 bits per heavy atom. The Bertz CT molecular complexity index is 1230. The molecule has 1 heterocycles. The van der Waals surface area contributed by atoms with Crippen molar-refractivity contribution in [1.82, 2.24) is 0 Å². The van der Waals surface area contributed by atoms with Gasteiger partial charge in [0.1, 0.15) is 30.5 Å². The number of rotatable bonds is 38. The fourth-order valence-corrected chi connectivity index (χ4v) is 6.41.